The molecule has 1 aliphatic heterocycles. The summed E-state index contributed by atoms with van der Waals surface area (Å²) in [5, 5.41) is 11.9. The van der Waals surface area contributed by atoms with Crippen molar-refractivity contribution in [3.05, 3.63) is 23.8 Å². The molecule has 1 unspecified atom stereocenters. The minimum absolute atomic E-state index is 0.0911. The van der Waals surface area contributed by atoms with Gasteiger partial charge in [0.1, 0.15) is 11.8 Å². The van der Waals surface area contributed by atoms with Gasteiger partial charge in [-0.05, 0) is 24.6 Å². The number of anilines is 1. The molecule has 0 aromatic heterocycles. The highest BCUT2D eigenvalue weighted by Crippen LogP contribution is 2.19. The van der Waals surface area contributed by atoms with Gasteiger partial charge in [-0.1, -0.05) is 0 Å². The van der Waals surface area contributed by atoms with Crippen LogP contribution in [0.1, 0.15) is 23.2 Å². The van der Waals surface area contributed by atoms with Crippen molar-refractivity contribution in [2.75, 3.05) is 12.8 Å². The van der Waals surface area contributed by atoms with Crippen molar-refractivity contribution in [2.45, 2.75) is 18.9 Å². The molecule has 4 N–H and O–H groups in total. The van der Waals surface area contributed by atoms with Gasteiger partial charge in [0.05, 0.1) is 5.56 Å². The molecule has 1 fully saturated rings. The predicted molar refractivity (Wildman–Crippen MR) is 70.8 cm³/mol. The number of hydrogen-bond donors (Lipinski definition) is 3. The smallest absolute Gasteiger partial charge is 0.254 e. The number of nitrogen functional groups attached to an aromatic ring is 1. The van der Waals surface area contributed by atoms with E-state index < -0.39 is 17.9 Å². The lowest BCUT2D eigenvalue weighted by molar-refractivity contribution is -0.147. The van der Waals surface area contributed by atoms with Crippen LogP contribution in [-0.2, 0) is 9.59 Å². The van der Waals surface area contributed by atoms with E-state index in [1.807, 2.05) is 0 Å². The summed E-state index contributed by atoms with van der Waals surface area (Å²) in [7, 11) is 1.38. The Hall–Kier alpha value is -2.57. The SMILES string of the molecule is CN1C(=O)CCC(NC(=O)c2cc(O)ccc2N)C1=O. The molecule has 0 saturated carbocycles. The predicted octanol–water partition coefficient (Wildman–Crippen LogP) is -0.148. The second-order valence-corrected chi connectivity index (χ2v) is 4.63. The number of nitrogens with zero attached hydrogens (tertiary/aromatic N) is 1. The summed E-state index contributed by atoms with van der Waals surface area (Å²) in [6, 6.07) is 3.24. The van der Waals surface area contributed by atoms with E-state index in [1.165, 1.54) is 25.2 Å². The Morgan fingerprint density at radius 3 is 2.85 bits per heavy atom. The molecular formula is C13H15N3O4. The molecule has 1 aromatic rings. The van der Waals surface area contributed by atoms with Gasteiger partial charge >= 0.3 is 0 Å². The molecule has 0 aliphatic carbocycles. The number of likely N-dealkylation sites (N-methyl/N-ethyl adjacent to an activating group) is 1. The van der Waals surface area contributed by atoms with Crippen molar-refractivity contribution in [2.24, 2.45) is 0 Å². The number of likely N-dealkylation sites (tertiary alicyclic amines) is 1. The van der Waals surface area contributed by atoms with Crippen molar-refractivity contribution < 1.29 is 19.5 Å². The molecule has 3 amide bonds. The molecule has 20 heavy (non-hydrogen) atoms. The van der Waals surface area contributed by atoms with Crippen LogP contribution in [0.15, 0.2) is 18.2 Å². The second kappa shape index (κ2) is 5.20. The fraction of sp³-hybridized carbons (Fsp3) is 0.308. The van der Waals surface area contributed by atoms with E-state index >= 15 is 0 Å². The van der Waals surface area contributed by atoms with Crippen LogP contribution >= 0.6 is 0 Å². The van der Waals surface area contributed by atoms with Crippen LogP contribution in [0.2, 0.25) is 0 Å². The molecular weight excluding hydrogens is 262 g/mol. The maximum atomic E-state index is 12.1. The Morgan fingerprint density at radius 1 is 1.45 bits per heavy atom. The van der Waals surface area contributed by atoms with Crippen molar-refractivity contribution in [1.29, 1.82) is 0 Å². The molecule has 1 heterocycles. The fourth-order valence-corrected chi connectivity index (χ4v) is 2.03. The minimum Gasteiger partial charge on any atom is -0.508 e. The molecule has 1 aliphatic rings. The quantitative estimate of drug-likeness (QED) is 0.395. The zero-order valence-electron chi connectivity index (χ0n) is 10.9. The number of nitrogens with one attached hydrogen (secondary N) is 1. The second-order valence-electron chi connectivity index (χ2n) is 4.63. The lowest BCUT2D eigenvalue weighted by Gasteiger charge is -2.28. The van der Waals surface area contributed by atoms with E-state index in [2.05, 4.69) is 5.32 Å². The van der Waals surface area contributed by atoms with Crippen molar-refractivity contribution in [3.63, 3.8) is 0 Å². The monoisotopic (exact) mass is 277 g/mol. The third-order valence-corrected chi connectivity index (χ3v) is 3.24. The number of imide groups is 1. The third-order valence-electron chi connectivity index (χ3n) is 3.24. The standard InChI is InChI=1S/C13H15N3O4/c1-16-11(18)5-4-10(13(16)20)15-12(19)8-6-7(17)2-3-9(8)14/h2-3,6,10,17H,4-5,14H2,1H3,(H,15,19). The van der Waals surface area contributed by atoms with Crippen molar-refractivity contribution >= 4 is 23.4 Å². The molecule has 2 rings (SSSR count). The summed E-state index contributed by atoms with van der Waals surface area (Å²) in [6.45, 7) is 0. The highest BCUT2D eigenvalue weighted by molar-refractivity contribution is 6.05. The van der Waals surface area contributed by atoms with Gasteiger partial charge in [0.2, 0.25) is 5.91 Å². The average molecular weight is 277 g/mol. The van der Waals surface area contributed by atoms with Gasteiger partial charge < -0.3 is 16.2 Å². The summed E-state index contributed by atoms with van der Waals surface area (Å²) in [5.74, 6) is -1.36. The highest BCUT2D eigenvalue weighted by atomic mass is 16.3. The number of carbonyl (C=O) groups is 3. The molecule has 1 aromatic carbocycles. The van der Waals surface area contributed by atoms with E-state index in [-0.39, 0.29) is 35.7 Å². The Bertz CT molecular complexity index is 585. The number of phenols is 1. The summed E-state index contributed by atoms with van der Waals surface area (Å²) in [5.41, 5.74) is 5.95. The van der Waals surface area contributed by atoms with Crippen molar-refractivity contribution in [3.8, 4) is 5.75 Å². The zero-order valence-corrected chi connectivity index (χ0v) is 10.9. The van der Waals surface area contributed by atoms with Gasteiger partial charge in [0.25, 0.3) is 11.8 Å². The van der Waals surface area contributed by atoms with E-state index in [0.29, 0.717) is 0 Å². The lowest BCUT2D eigenvalue weighted by Crippen LogP contribution is -2.52. The van der Waals surface area contributed by atoms with Crippen LogP contribution in [0.4, 0.5) is 5.69 Å². The number of rotatable bonds is 2. The molecule has 0 radical (unpaired) electrons. The van der Waals surface area contributed by atoms with Gasteiger partial charge in [-0.15, -0.1) is 0 Å². The van der Waals surface area contributed by atoms with Gasteiger partial charge in [0.15, 0.2) is 0 Å². The first-order chi connectivity index (χ1) is 9.40. The van der Waals surface area contributed by atoms with Gasteiger partial charge in [-0.3, -0.25) is 19.3 Å². The number of amides is 3. The normalized spacial score (nSPS) is 19.1. The summed E-state index contributed by atoms with van der Waals surface area (Å²) < 4.78 is 0. The average Bonchev–Trinajstić information content (AvgIpc) is 2.42. The number of nitrogens with two attached hydrogens (primary N) is 1. The Balaban J connectivity index is 2.14. The Kier molecular flexibility index (Phi) is 3.60. The molecule has 7 nitrogen and oxygen atoms in total. The Morgan fingerprint density at radius 2 is 2.15 bits per heavy atom. The number of hydrogen-bond acceptors (Lipinski definition) is 5. The van der Waals surface area contributed by atoms with Crippen LogP contribution in [0.5, 0.6) is 5.75 Å². The number of benzene rings is 1. The van der Waals surface area contributed by atoms with E-state index in [1.54, 1.807) is 0 Å². The maximum Gasteiger partial charge on any atom is 0.254 e. The van der Waals surface area contributed by atoms with Crippen LogP contribution < -0.4 is 11.1 Å². The topological polar surface area (TPSA) is 113 Å². The van der Waals surface area contributed by atoms with Crippen LogP contribution in [0, 0.1) is 0 Å². The fourth-order valence-electron chi connectivity index (χ4n) is 2.03. The molecule has 106 valence electrons. The first-order valence-electron chi connectivity index (χ1n) is 6.10. The number of carbonyl (C=O) groups excluding carboxylic acids is 3. The molecule has 1 atom stereocenters. The van der Waals surface area contributed by atoms with Gasteiger partial charge in [-0.25, -0.2) is 0 Å². The first kappa shape index (κ1) is 13.9. The van der Waals surface area contributed by atoms with Crippen LogP contribution in [0.3, 0.4) is 0 Å². The Labute approximate surface area is 115 Å². The summed E-state index contributed by atoms with van der Waals surface area (Å²) >= 11 is 0. The molecule has 1 saturated heterocycles. The lowest BCUT2D eigenvalue weighted by atomic mass is 10.0. The number of aromatic hydroxyl groups is 1. The third kappa shape index (κ3) is 2.56. The van der Waals surface area contributed by atoms with Crippen LogP contribution in [-0.4, -0.2) is 40.8 Å². The summed E-state index contributed by atoms with van der Waals surface area (Å²) in [4.78, 5) is 36.3. The van der Waals surface area contributed by atoms with Crippen LogP contribution in [0.25, 0.3) is 0 Å². The van der Waals surface area contributed by atoms with E-state index in [4.69, 9.17) is 5.73 Å². The molecule has 0 bridgehead atoms. The number of phenolic OH excluding ortho intramolecular Hbond substituents is 1. The van der Waals surface area contributed by atoms with E-state index in [9.17, 15) is 19.5 Å². The van der Waals surface area contributed by atoms with Gasteiger partial charge in [-0.2, -0.15) is 0 Å². The van der Waals surface area contributed by atoms with Gasteiger partial charge in [0, 0.05) is 19.2 Å². The minimum atomic E-state index is -0.757. The van der Waals surface area contributed by atoms with Crippen molar-refractivity contribution in [1.82, 2.24) is 10.2 Å². The molecule has 0 spiro atoms. The highest BCUT2D eigenvalue weighted by Gasteiger charge is 2.33. The molecule has 7 heteroatoms. The number of piperidine rings is 1. The largest absolute Gasteiger partial charge is 0.508 e. The zero-order chi connectivity index (χ0) is 14.9. The summed E-state index contributed by atoms with van der Waals surface area (Å²) in [6.07, 6.45) is 0.454. The van der Waals surface area contributed by atoms with E-state index in [0.717, 1.165) is 4.90 Å². The maximum absolute atomic E-state index is 12.1. The first-order valence-corrected chi connectivity index (χ1v) is 6.10.